The minimum absolute atomic E-state index is 0.378. The molecule has 3 heteroatoms. The van der Waals surface area contributed by atoms with Crippen molar-refractivity contribution in [3.63, 3.8) is 0 Å². The summed E-state index contributed by atoms with van der Waals surface area (Å²) in [4.78, 5) is 12.4. The maximum atomic E-state index is 10.9. The molecule has 1 unspecified atom stereocenters. The van der Waals surface area contributed by atoms with E-state index >= 15 is 0 Å². The third-order valence-electron chi connectivity index (χ3n) is 1.91. The molecule has 2 rings (SSSR count). The Hall–Kier alpha value is -1.61. The van der Waals surface area contributed by atoms with Crippen LogP contribution in [0.2, 0.25) is 0 Å². The number of benzene rings is 1. The van der Waals surface area contributed by atoms with Gasteiger partial charge >= 0.3 is 5.97 Å². The zero-order valence-electron chi connectivity index (χ0n) is 7.38. The summed E-state index contributed by atoms with van der Waals surface area (Å²) in [5, 5.41) is 10.9. The molecule has 0 saturated heterocycles. The molecule has 14 heavy (non-hydrogen) atoms. The van der Waals surface area contributed by atoms with Gasteiger partial charge in [0.15, 0.2) is 4.90 Å². The summed E-state index contributed by atoms with van der Waals surface area (Å²) in [5.41, 5.74) is 0. The molecule has 2 aromatic rings. The van der Waals surface area contributed by atoms with E-state index in [0.29, 0.717) is 4.88 Å². The first kappa shape index (κ1) is 8.97. The number of carbonyl (C=O) groups is 1. The molecule has 1 aromatic heterocycles. The first-order valence-corrected chi connectivity index (χ1v) is 5.48. The molecule has 0 aliphatic heterocycles. The van der Waals surface area contributed by atoms with Crippen molar-refractivity contribution in [2.75, 3.05) is 0 Å². The van der Waals surface area contributed by atoms with Crippen LogP contribution in [-0.2, 0) is 0 Å². The maximum Gasteiger partial charge on any atom is 0.389 e. The van der Waals surface area contributed by atoms with E-state index in [2.05, 4.69) is 0 Å². The van der Waals surface area contributed by atoms with Crippen LogP contribution in [0.1, 0.15) is 9.67 Å². The second kappa shape index (κ2) is 3.64. The maximum absolute atomic E-state index is 10.9. The molecule has 1 heterocycles. The minimum Gasteiger partial charge on any atom is -0.474 e. The molecule has 1 aromatic carbocycles. The lowest BCUT2D eigenvalue weighted by molar-refractivity contribution is 0.0702. The van der Waals surface area contributed by atoms with Crippen LogP contribution in [0, 0.1) is 0 Å². The molecule has 0 spiro atoms. The van der Waals surface area contributed by atoms with Crippen molar-refractivity contribution in [3.05, 3.63) is 52.7 Å². The molecule has 0 saturated carbocycles. The molecule has 0 aliphatic rings. The standard InChI is InChI=1S/C11H8O2S/c12-11(13)10-7-4-8-14(10)9-5-2-1-3-6-9/h1-8H/p+1. The second-order valence-corrected chi connectivity index (χ2v) is 4.67. The van der Waals surface area contributed by atoms with Crippen molar-refractivity contribution in [1.29, 1.82) is 0 Å². The fraction of sp³-hybridized carbons (Fsp3) is 0. The lowest BCUT2D eigenvalue weighted by atomic mass is 10.4. The van der Waals surface area contributed by atoms with Gasteiger partial charge in [-0.2, -0.15) is 0 Å². The molecule has 1 atom stereocenters. The molecular formula is C11H9O2S+. The van der Waals surface area contributed by atoms with Crippen LogP contribution in [0.5, 0.6) is 0 Å². The molecular weight excluding hydrogens is 196 g/mol. The fourth-order valence-corrected chi connectivity index (χ4v) is 2.95. The highest BCUT2D eigenvalue weighted by molar-refractivity contribution is 7.39. The third kappa shape index (κ3) is 1.54. The van der Waals surface area contributed by atoms with Crippen molar-refractivity contribution >= 4 is 16.4 Å². The summed E-state index contributed by atoms with van der Waals surface area (Å²) in [6.45, 7) is 0. The van der Waals surface area contributed by atoms with E-state index in [1.807, 2.05) is 35.7 Å². The fourth-order valence-electron chi connectivity index (χ4n) is 1.29. The quantitative estimate of drug-likeness (QED) is 0.765. The highest BCUT2D eigenvalue weighted by Crippen LogP contribution is 2.34. The SMILES string of the molecule is O=C(O)c1ccc[s+]1-c1ccccc1. The van der Waals surface area contributed by atoms with Crippen LogP contribution in [-0.4, -0.2) is 11.1 Å². The van der Waals surface area contributed by atoms with Gasteiger partial charge in [-0.25, -0.2) is 4.79 Å². The van der Waals surface area contributed by atoms with Gasteiger partial charge in [0, 0.05) is 16.5 Å². The van der Waals surface area contributed by atoms with Crippen molar-refractivity contribution < 1.29 is 9.90 Å². The number of hydrogen-bond donors (Lipinski definition) is 1. The first-order chi connectivity index (χ1) is 6.79. The van der Waals surface area contributed by atoms with Gasteiger partial charge in [0.1, 0.15) is 5.38 Å². The molecule has 0 fully saturated rings. The summed E-state index contributed by atoms with van der Waals surface area (Å²) in [5.74, 6) is -0.831. The summed E-state index contributed by atoms with van der Waals surface area (Å²) in [7, 11) is -0.378. The number of carboxylic acid groups (broad SMARTS) is 1. The van der Waals surface area contributed by atoms with Crippen LogP contribution >= 0.6 is 10.5 Å². The number of aromatic carboxylic acids is 1. The van der Waals surface area contributed by atoms with Crippen molar-refractivity contribution in [3.8, 4) is 4.90 Å². The topological polar surface area (TPSA) is 37.3 Å². The lowest BCUT2D eigenvalue weighted by Crippen LogP contribution is -1.92. The van der Waals surface area contributed by atoms with E-state index in [9.17, 15) is 4.79 Å². The van der Waals surface area contributed by atoms with Gasteiger partial charge in [0.25, 0.3) is 4.88 Å². The van der Waals surface area contributed by atoms with Crippen LogP contribution in [0.3, 0.4) is 0 Å². The van der Waals surface area contributed by atoms with Crippen molar-refractivity contribution in [2.45, 2.75) is 0 Å². The monoisotopic (exact) mass is 205 g/mol. The van der Waals surface area contributed by atoms with E-state index < -0.39 is 5.97 Å². The molecule has 0 amide bonds. The Balaban J connectivity index is 2.52. The Morgan fingerprint density at radius 3 is 2.43 bits per heavy atom. The van der Waals surface area contributed by atoms with Gasteiger partial charge in [-0.05, 0) is 18.2 Å². The van der Waals surface area contributed by atoms with Crippen molar-refractivity contribution in [1.82, 2.24) is 0 Å². The number of rotatable bonds is 2. The van der Waals surface area contributed by atoms with Crippen LogP contribution in [0.15, 0.2) is 47.8 Å². The molecule has 2 nitrogen and oxygen atoms in total. The van der Waals surface area contributed by atoms with Crippen LogP contribution < -0.4 is 0 Å². The van der Waals surface area contributed by atoms with E-state index in [-0.39, 0.29) is 10.5 Å². The number of thiophene rings is 1. The summed E-state index contributed by atoms with van der Waals surface area (Å²) in [6.07, 6.45) is 0. The molecule has 70 valence electrons. The molecule has 1 N–H and O–H groups in total. The van der Waals surface area contributed by atoms with Gasteiger partial charge in [-0.1, -0.05) is 18.2 Å². The van der Waals surface area contributed by atoms with E-state index in [4.69, 9.17) is 5.11 Å². The Bertz CT molecular complexity index is 445. The molecule has 0 aliphatic carbocycles. The average Bonchev–Trinajstić information content (AvgIpc) is 2.67. The Morgan fingerprint density at radius 2 is 1.79 bits per heavy atom. The minimum atomic E-state index is -0.831. The van der Waals surface area contributed by atoms with Gasteiger partial charge in [-0.3, -0.25) is 0 Å². The summed E-state index contributed by atoms with van der Waals surface area (Å²) in [6, 6.07) is 13.2. The summed E-state index contributed by atoms with van der Waals surface area (Å²) >= 11 is 0. The lowest BCUT2D eigenvalue weighted by Gasteiger charge is -1.90. The average molecular weight is 205 g/mol. The van der Waals surface area contributed by atoms with Gasteiger partial charge in [0.2, 0.25) is 0 Å². The van der Waals surface area contributed by atoms with E-state index in [1.165, 1.54) is 0 Å². The highest BCUT2D eigenvalue weighted by Gasteiger charge is 2.21. The van der Waals surface area contributed by atoms with Crippen LogP contribution in [0.4, 0.5) is 0 Å². The predicted octanol–water partition coefficient (Wildman–Crippen LogP) is 3.12. The molecule has 0 bridgehead atoms. The molecule has 0 radical (unpaired) electrons. The van der Waals surface area contributed by atoms with E-state index in [1.54, 1.807) is 12.1 Å². The second-order valence-electron chi connectivity index (χ2n) is 2.82. The number of carboxylic acids is 1. The van der Waals surface area contributed by atoms with Gasteiger partial charge in [-0.15, -0.1) is 0 Å². The first-order valence-electron chi connectivity index (χ1n) is 4.19. The normalized spacial score (nSPS) is 11.3. The Kier molecular flexibility index (Phi) is 2.33. The zero-order chi connectivity index (χ0) is 9.97. The van der Waals surface area contributed by atoms with E-state index in [0.717, 1.165) is 4.90 Å². The highest BCUT2D eigenvalue weighted by atomic mass is 32.2. The Labute approximate surface area is 84.4 Å². The smallest absolute Gasteiger partial charge is 0.389 e. The Morgan fingerprint density at radius 1 is 1.07 bits per heavy atom. The van der Waals surface area contributed by atoms with Gasteiger partial charge < -0.3 is 5.11 Å². The largest absolute Gasteiger partial charge is 0.474 e. The zero-order valence-corrected chi connectivity index (χ0v) is 8.20. The number of hydrogen-bond acceptors (Lipinski definition) is 1. The predicted molar refractivity (Wildman–Crippen MR) is 57.2 cm³/mol. The van der Waals surface area contributed by atoms with Crippen molar-refractivity contribution in [2.24, 2.45) is 0 Å². The third-order valence-corrected chi connectivity index (χ3v) is 3.90. The summed E-state index contributed by atoms with van der Waals surface area (Å²) < 4.78 is 0. The van der Waals surface area contributed by atoms with Gasteiger partial charge in [0.05, 0.1) is 0 Å². The van der Waals surface area contributed by atoms with Crippen LogP contribution in [0.25, 0.3) is 4.90 Å².